The zero-order valence-corrected chi connectivity index (χ0v) is 11.2. The van der Waals surface area contributed by atoms with Crippen LogP contribution in [0.4, 0.5) is 0 Å². The third-order valence-electron chi connectivity index (χ3n) is 2.99. The fourth-order valence-corrected chi connectivity index (χ4v) is 2.99. The van der Waals surface area contributed by atoms with Gasteiger partial charge >= 0.3 is 0 Å². The van der Waals surface area contributed by atoms with Crippen LogP contribution in [0.1, 0.15) is 38.2 Å². The Labute approximate surface area is 108 Å². The Morgan fingerprint density at radius 2 is 1.88 bits per heavy atom. The highest BCUT2D eigenvalue weighted by Gasteiger charge is 2.06. The lowest BCUT2D eigenvalue weighted by Crippen LogP contribution is -1.86. The summed E-state index contributed by atoms with van der Waals surface area (Å²) >= 11 is 1.84. The van der Waals surface area contributed by atoms with Gasteiger partial charge in [-0.05, 0) is 47.5 Å². The zero-order valence-electron chi connectivity index (χ0n) is 10.4. The quantitative estimate of drug-likeness (QED) is 0.657. The van der Waals surface area contributed by atoms with Crippen molar-refractivity contribution in [3.05, 3.63) is 41.5 Å². The zero-order chi connectivity index (χ0) is 11.9. The molecule has 0 saturated carbocycles. The van der Waals surface area contributed by atoms with Gasteiger partial charge in [0.15, 0.2) is 0 Å². The van der Waals surface area contributed by atoms with E-state index >= 15 is 0 Å². The molecule has 2 heteroatoms. The molecule has 2 aromatic rings. The van der Waals surface area contributed by atoms with Crippen LogP contribution in [0, 0.1) is 0 Å². The lowest BCUT2D eigenvalue weighted by molar-refractivity contribution is 0.668. The lowest BCUT2D eigenvalue weighted by atomic mass is 10.0. The molecule has 0 spiro atoms. The van der Waals surface area contributed by atoms with E-state index in [0.29, 0.717) is 0 Å². The van der Waals surface area contributed by atoms with E-state index in [0.717, 1.165) is 0 Å². The van der Waals surface area contributed by atoms with Crippen LogP contribution in [0.2, 0.25) is 0 Å². The average Bonchev–Trinajstić information content (AvgIpc) is 2.84. The molecule has 2 heterocycles. The molecule has 1 nitrogen and oxygen atoms in total. The second kappa shape index (κ2) is 6.55. The van der Waals surface area contributed by atoms with Gasteiger partial charge in [-0.2, -0.15) is 0 Å². The summed E-state index contributed by atoms with van der Waals surface area (Å²) < 4.78 is 0. The molecule has 0 amide bonds. The van der Waals surface area contributed by atoms with Gasteiger partial charge in [0.05, 0.1) is 0 Å². The highest BCUT2D eigenvalue weighted by Crippen LogP contribution is 2.30. The maximum atomic E-state index is 4.08. The summed E-state index contributed by atoms with van der Waals surface area (Å²) in [4.78, 5) is 5.50. The summed E-state index contributed by atoms with van der Waals surface area (Å²) in [7, 11) is 0. The Balaban J connectivity index is 2.02. The summed E-state index contributed by atoms with van der Waals surface area (Å²) in [5, 5.41) is 2.20. The van der Waals surface area contributed by atoms with Crippen molar-refractivity contribution >= 4 is 11.3 Å². The molecule has 0 aliphatic heterocycles. The van der Waals surface area contributed by atoms with E-state index in [1.807, 2.05) is 23.7 Å². The van der Waals surface area contributed by atoms with E-state index in [4.69, 9.17) is 0 Å². The van der Waals surface area contributed by atoms with Crippen molar-refractivity contribution in [2.45, 2.75) is 39.0 Å². The number of hydrogen-bond acceptors (Lipinski definition) is 2. The summed E-state index contributed by atoms with van der Waals surface area (Å²) in [6.07, 6.45) is 10.3. The molecule has 0 unspecified atom stereocenters. The van der Waals surface area contributed by atoms with Crippen LogP contribution in [0.3, 0.4) is 0 Å². The van der Waals surface area contributed by atoms with E-state index in [1.54, 1.807) is 0 Å². The summed E-state index contributed by atoms with van der Waals surface area (Å²) in [5.41, 5.74) is 2.80. The molecule has 0 bridgehead atoms. The van der Waals surface area contributed by atoms with Gasteiger partial charge in [0, 0.05) is 17.3 Å². The minimum Gasteiger partial charge on any atom is -0.265 e. The second-order valence-corrected chi connectivity index (χ2v) is 5.24. The molecule has 0 atom stereocenters. The fourth-order valence-electron chi connectivity index (χ4n) is 2.03. The minimum atomic E-state index is 1.21. The molecule has 0 N–H and O–H groups in total. The van der Waals surface area contributed by atoms with Gasteiger partial charge in [0.25, 0.3) is 0 Å². The molecule has 0 radical (unpaired) electrons. The van der Waals surface area contributed by atoms with Gasteiger partial charge in [-0.25, -0.2) is 0 Å². The first-order valence-electron chi connectivity index (χ1n) is 6.38. The maximum absolute atomic E-state index is 4.08. The van der Waals surface area contributed by atoms with E-state index in [9.17, 15) is 0 Å². The highest BCUT2D eigenvalue weighted by atomic mass is 32.1. The first-order valence-corrected chi connectivity index (χ1v) is 7.26. The largest absolute Gasteiger partial charge is 0.265 e. The highest BCUT2D eigenvalue weighted by molar-refractivity contribution is 7.13. The van der Waals surface area contributed by atoms with Crippen molar-refractivity contribution in [3.63, 3.8) is 0 Å². The van der Waals surface area contributed by atoms with Crippen molar-refractivity contribution in [2.75, 3.05) is 0 Å². The topological polar surface area (TPSA) is 12.9 Å². The molecule has 2 rings (SSSR count). The molecule has 0 aromatic carbocycles. The standard InChI is InChI=1S/C15H19NS/c1-2-3-4-5-6-13-9-12-17-15(13)14-7-10-16-11-8-14/h7-12H,2-6H2,1H3. The molecule has 90 valence electrons. The van der Waals surface area contributed by atoms with Crippen LogP contribution in [-0.4, -0.2) is 4.98 Å². The van der Waals surface area contributed by atoms with E-state index < -0.39 is 0 Å². The van der Waals surface area contributed by atoms with Gasteiger partial charge in [-0.15, -0.1) is 11.3 Å². The number of hydrogen-bond donors (Lipinski definition) is 0. The van der Waals surface area contributed by atoms with Gasteiger partial charge in [-0.3, -0.25) is 4.98 Å². The van der Waals surface area contributed by atoms with Crippen LogP contribution in [-0.2, 0) is 6.42 Å². The lowest BCUT2D eigenvalue weighted by Gasteiger charge is -2.03. The first-order chi connectivity index (χ1) is 8.42. The number of pyridine rings is 1. The van der Waals surface area contributed by atoms with Crippen molar-refractivity contribution in [3.8, 4) is 10.4 Å². The molecule has 0 aliphatic rings. The summed E-state index contributed by atoms with van der Waals surface area (Å²) in [6.45, 7) is 2.26. The first kappa shape index (κ1) is 12.3. The monoisotopic (exact) mass is 245 g/mol. The predicted molar refractivity (Wildman–Crippen MR) is 75.4 cm³/mol. The number of nitrogens with zero attached hydrogens (tertiary/aromatic N) is 1. The molecular weight excluding hydrogens is 226 g/mol. The van der Waals surface area contributed by atoms with Crippen LogP contribution in [0.15, 0.2) is 36.0 Å². The molecule has 0 fully saturated rings. The van der Waals surface area contributed by atoms with E-state index in [-0.39, 0.29) is 0 Å². The van der Waals surface area contributed by atoms with Crippen LogP contribution < -0.4 is 0 Å². The van der Waals surface area contributed by atoms with E-state index in [2.05, 4.69) is 35.5 Å². The Kier molecular flexibility index (Phi) is 4.75. The number of aromatic nitrogens is 1. The Bertz CT molecular complexity index is 433. The second-order valence-electron chi connectivity index (χ2n) is 4.32. The number of unbranched alkanes of at least 4 members (excludes halogenated alkanes) is 3. The third kappa shape index (κ3) is 3.40. The summed E-state index contributed by atoms with van der Waals surface area (Å²) in [6, 6.07) is 6.47. The number of rotatable bonds is 6. The Morgan fingerprint density at radius 1 is 1.06 bits per heavy atom. The fraction of sp³-hybridized carbons (Fsp3) is 0.400. The Hall–Kier alpha value is -1.15. The number of aryl methyl sites for hydroxylation is 1. The maximum Gasteiger partial charge on any atom is 0.0375 e. The van der Waals surface area contributed by atoms with Crippen molar-refractivity contribution < 1.29 is 0 Å². The van der Waals surface area contributed by atoms with E-state index in [1.165, 1.54) is 48.1 Å². The van der Waals surface area contributed by atoms with Crippen molar-refractivity contribution in [1.82, 2.24) is 4.98 Å². The average molecular weight is 245 g/mol. The van der Waals surface area contributed by atoms with Crippen LogP contribution >= 0.6 is 11.3 Å². The van der Waals surface area contributed by atoms with Gasteiger partial charge in [0.2, 0.25) is 0 Å². The van der Waals surface area contributed by atoms with Gasteiger partial charge < -0.3 is 0 Å². The normalized spacial score (nSPS) is 10.6. The Morgan fingerprint density at radius 3 is 2.65 bits per heavy atom. The molecule has 17 heavy (non-hydrogen) atoms. The number of thiophene rings is 1. The van der Waals surface area contributed by atoms with Crippen molar-refractivity contribution in [2.24, 2.45) is 0 Å². The van der Waals surface area contributed by atoms with Gasteiger partial charge in [0.1, 0.15) is 0 Å². The van der Waals surface area contributed by atoms with Gasteiger partial charge in [-0.1, -0.05) is 26.2 Å². The predicted octanol–water partition coefficient (Wildman–Crippen LogP) is 4.93. The minimum absolute atomic E-state index is 1.21. The van der Waals surface area contributed by atoms with Crippen LogP contribution in [0.5, 0.6) is 0 Å². The smallest absolute Gasteiger partial charge is 0.0375 e. The van der Waals surface area contributed by atoms with Crippen LogP contribution in [0.25, 0.3) is 10.4 Å². The molecule has 2 aromatic heterocycles. The third-order valence-corrected chi connectivity index (χ3v) is 3.99. The molecule has 0 aliphatic carbocycles. The SMILES string of the molecule is CCCCCCc1ccsc1-c1ccncc1. The molecular formula is C15H19NS. The molecule has 0 saturated heterocycles. The summed E-state index contributed by atoms with van der Waals surface area (Å²) in [5.74, 6) is 0. The van der Waals surface area contributed by atoms with Crippen molar-refractivity contribution in [1.29, 1.82) is 0 Å².